The lowest BCUT2D eigenvalue weighted by molar-refractivity contribution is -0.127. The molecule has 4 aromatic rings. The minimum Gasteiger partial charge on any atom is -0.497 e. The van der Waals surface area contributed by atoms with Crippen LogP contribution in [0.2, 0.25) is 0 Å². The second-order valence-electron chi connectivity index (χ2n) is 10.1. The quantitative estimate of drug-likeness (QED) is 0.304. The number of rotatable bonds is 9. The summed E-state index contributed by atoms with van der Waals surface area (Å²) in [7, 11) is 1.56. The molecular weight excluding hydrogens is 506 g/mol. The lowest BCUT2D eigenvalue weighted by atomic mass is 9.94. The minimum atomic E-state index is -1.01. The highest BCUT2D eigenvalue weighted by Crippen LogP contribution is 2.32. The van der Waals surface area contributed by atoms with Crippen LogP contribution < -0.4 is 15.0 Å². The largest absolute Gasteiger partial charge is 0.497 e. The number of nitrogens with zero attached hydrogens (tertiary/aromatic N) is 4. The average molecular weight is 540 g/mol. The van der Waals surface area contributed by atoms with E-state index in [0.29, 0.717) is 33.6 Å². The van der Waals surface area contributed by atoms with Crippen molar-refractivity contribution in [1.82, 2.24) is 20.3 Å². The van der Waals surface area contributed by atoms with E-state index in [1.165, 1.54) is 16.5 Å². The molecule has 9 nitrogen and oxygen atoms in total. The predicted molar refractivity (Wildman–Crippen MR) is 152 cm³/mol. The molecule has 1 N–H and O–H groups in total. The van der Waals surface area contributed by atoms with Crippen LogP contribution in [0.5, 0.6) is 5.75 Å². The molecule has 1 saturated carbocycles. The van der Waals surface area contributed by atoms with Gasteiger partial charge in [0.05, 0.1) is 12.6 Å². The highest BCUT2D eigenvalue weighted by atomic mass is 16.5. The number of nitrogens with one attached hydrogen (secondary N) is 1. The van der Waals surface area contributed by atoms with E-state index in [1.54, 1.807) is 49.6 Å². The summed E-state index contributed by atoms with van der Waals surface area (Å²) in [4.78, 5) is 42.1. The number of hydrogen-bond acceptors (Lipinski definition) is 6. The molecule has 0 spiro atoms. The summed E-state index contributed by atoms with van der Waals surface area (Å²) in [6, 6.07) is 20.4. The number of ketones is 1. The van der Waals surface area contributed by atoms with Crippen molar-refractivity contribution in [2.75, 3.05) is 12.0 Å². The number of methoxy groups -OCH3 is 1. The minimum absolute atomic E-state index is 0.0362. The second kappa shape index (κ2) is 12.1. The van der Waals surface area contributed by atoms with Gasteiger partial charge in [-0.2, -0.15) is 0 Å². The molecule has 2 amide bonds. The van der Waals surface area contributed by atoms with Gasteiger partial charge in [0.15, 0.2) is 5.78 Å². The summed E-state index contributed by atoms with van der Waals surface area (Å²) in [5.74, 6) is -0.227. The Morgan fingerprint density at radius 3 is 2.55 bits per heavy atom. The first-order valence-electron chi connectivity index (χ1n) is 13.6. The van der Waals surface area contributed by atoms with E-state index in [-0.39, 0.29) is 30.2 Å². The summed E-state index contributed by atoms with van der Waals surface area (Å²) >= 11 is 0. The molecule has 0 aliphatic heterocycles. The van der Waals surface area contributed by atoms with Gasteiger partial charge in [-0.25, -0.2) is 4.68 Å². The molecule has 1 aliphatic rings. The van der Waals surface area contributed by atoms with Crippen molar-refractivity contribution in [3.63, 3.8) is 0 Å². The molecule has 0 bridgehead atoms. The number of carbonyl (C=O) groups excluding carboxylic acids is 3. The third-order valence-corrected chi connectivity index (χ3v) is 7.37. The van der Waals surface area contributed by atoms with Gasteiger partial charge in [-0.15, -0.1) is 5.10 Å². The van der Waals surface area contributed by atoms with Crippen molar-refractivity contribution in [2.45, 2.75) is 57.7 Å². The fraction of sp³-hybridized carbons (Fsp3) is 0.323. The topological polar surface area (TPSA) is 106 Å². The number of anilines is 1. The SMILES string of the molecule is COc1cccc([C@H](C(=O)NC2CCCCC2)N(C(=O)Cn2nnc3ccccc32)c2cccc(C(C)=O)c2)c1. The first-order valence-corrected chi connectivity index (χ1v) is 13.6. The number of hydrogen-bond donors (Lipinski definition) is 1. The molecule has 1 fully saturated rings. The zero-order chi connectivity index (χ0) is 28.1. The summed E-state index contributed by atoms with van der Waals surface area (Å²) in [5.41, 5.74) is 2.85. The zero-order valence-electron chi connectivity index (χ0n) is 22.7. The third-order valence-electron chi connectivity index (χ3n) is 7.37. The van der Waals surface area contributed by atoms with Gasteiger partial charge in [-0.3, -0.25) is 19.3 Å². The second-order valence-corrected chi connectivity index (χ2v) is 10.1. The highest BCUT2D eigenvalue weighted by Gasteiger charge is 2.35. The summed E-state index contributed by atoms with van der Waals surface area (Å²) in [6.45, 7) is 1.32. The van der Waals surface area contributed by atoms with Gasteiger partial charge >= 0.3 is 0 Å². The standard InChI is InChI=1S/C31H33N5O4/c1-21(37)22-10-8-14-25(18-22)36(29(38)20-35-28-17-7-6-16-27(28)33-34-35)30(23-11-9-15-26(19-23)40-2)31(39)32-24-12-4-3-5-13-24/h6-11,14-19,24,30H,3-5,12-13,20H2,1-2H3,(H,32,39)/t30-/m1/s1. The number of benzene rings is 3. The van der Waals surface area contributed by atoms with E-state index in [9.17, 15) is 14.4 Å². The summed E-state index contributed by atoms with van der Waals surface area (Å²) in [6.07, 6.45) is 5.06. The van der Waals surface area contributed by atoms with Crippen LogP contribution in [0.3, 0.4) is 0 Å². The molecule has 1 heterocycles. The molecule has 1 aromatic heterocycles. The summed E-state index contributed by atoms with van der Waals surface area (Å²) in [5, 5.41) is 11.6. The molecule has 9 heteroatoms. The predicted octanol–water partition coefficient (Wildman–Crippen LogP) is 4.87. The lowest BCUT2D eigenvalue weighted by Crippen LogP contribution is -2.48. The van der Waals surface area contributed by atoms with Gasteiger partial charge < -0.3 is 10.1 Å². The van der Waals surface area contributed by atoms with E-state index >= 15 is 0 Å². The van der Waals surface area contributed by atoms with Crippen molar-refractivity contribution in [1.29, 1.82) is 0 Å². The molecular formula is C31H33N5O4. The van der Waals surface area contributed by atoms with Crippen molar-refractivity contribution in [3.8, 4) is 5.75 Å². The van der Waals surface area contributed by atoms with Gasteiger partial charge in [-0.05, 0) is 61.7 Å². The Balaban J connectivity index is 1.61. The number of Topliss-reactive ketones (excluding diaryl/α,β-unsaturated/α-hetero) is 1. The van der Waals surface area contributed by atoms with Gasteiger partial charge in [0.25, 0.3) is 0 Å². The molecule has 5 rings (SSSR count). The van der Waals surface area contributed by atoms with Crippen molar-refractivity contribution in [3.05, 3.63) is 83.9 Å². The van der Waals surface area contributed by atoms with Gasteiger partial charge in [0, 0.05) is 17.3 Å². The molecule has 0 radical (unpaired) electrons. The van der Waals surface area contributed by atoms with Crippen molar-refractivity contribution in [2.24, 2.45) is 0 Å². The van der Waals surface area contributed by atoms with Crippen LogP contribution in [0.15, 0.2) is 72.8 Å². The number of para-hydroxylation sites is 1. The Kier molecular flexibility index (Phi) is 8.19. The highest BCUT2D eigenvalue weighted by molar-refractivity contribution is 6.03. The van der Waals surface area contributed by atoms with E-state index in [0.717, 1.165) is 32.1 Å². The van der Waals surface area contributed by atoms with Gasteiger partial charge in [0.1, 0.15) is 23.9 Å². The molecule has 40 heavy (non-hydrogen) atoms. The smallest absolute Gasteiger partial charge is 0.249 e. The Labute approximate surface area is 233 Å². The monoisotopic (exact) mass is 539 g/mol. The first-order chi connectivity index (χ1) is 19.4. The zero-order valence-corrected chi connectivity index (χ0v) is 22.7. The lowest BCUT2D eigenvalue weighted by Gasteiger charge is -2.33. The molecule has 1 aliphatic carbocycles. The molecule has 0 saturated heterocycles. The number of carbonyl (C=O) groups is 3. The fourth-order valence-electron chi connectivity index (χ4n) is 5.31. The molecule has 3 aromatic carbocycles. The Hall–Kier alpha value is -4.53. The maximum Gasteiger partial charge on any atom is 0.249 e. The Bertz CT molecular complexity index is 1520. The maximum absolute atomic E-state index is 14.2. The Morgan fingerprint density at radius 2 is 1.77 bits per heavy atom. The van der Waals surface area contributed by atoms with Crippen LogP contribution in [0, 0.1) is 0 Å². The molecule has 206 valence electrons. The van der Waals surface area contributed by atoms with Gasteiger partial charge in [0.2, 0.25) is 11.8 Å². The summed E-state index contributed by atoms with van der Waals surface area (Å²) < 4.78 is 6.99. The van der Waals surface area contributed by atoms with E-state index in [1.807, 2.05) is 30.3 Å². The molecule has 0 unspecified atom stereocenters. The average Bonchev–Trinajstić information content (AvgIpc) is 3.38. The molecule has 1 atom stereocenters. The van der Waals surface area contributed by atoms with Crippen LogP contribution in [-0.2, 0) is 16.1 Å². The van der Waals surface area contributed by atoms with E-state index in [2.05, 4.69) is 15.6 Å². The normalized spacial score (nSPS) is 14.4. The number of aromatic nitrogens is 3. The third kappa shape index (κ3) is 5.88. The van der Waals surface area contributed by atoms with Crippen LogP contribution in [-0.4, -0.2) is 45.7 Å². The van der Waals surface area contributed by atoms with Crippen LogP contribution >= 0.6 is 0 Å². The maximum atomic E-state index is 14.2. The van der Waals surface area contributed by atoms with Crippen molar-refractivity contribution < 1.29 is 19.1 Å². The number of fused-ring (bicyclic) bond motifs is 1. The number of ether oxygens (including phenoxy) is 1. The fourth-order valence-corrected chi connectivity index (χ4v) is 5.31. The van der Waals surface area contributed by atoms with E-state index in [4.69, 9.17) is 4.74 Å². The Morgan fingerprint density at radius 1 is 1.00 bits per heavy atom. The van der Waals surface area contributed by atoms with Crippen LogP contribution in [0.1, 0.15) is 61.0 Å². The van der Waals surface area contributed by atoms with Crippen molar-refractivity contribution >= 4 is 34.3 Å². The van der Waals surface area contributed by atoms with Crippen LogP contribution in [0.4, 0.5) is 5.69 Å². The van der Waals surface area contributed by atoms with Gasteiger partial charge in [-0.1, -0.05) is 60.9 Å². The first kappa shape index (κ1) is 27.1. The van der Waals surface area contributed by atoms with Crippen LogP contribution in [0.25, 0.3) is 11.0 Å². The van der Waals surface area contributed by atoms with E-state index < -0.39 is 6.04 Å². The number of amides is 2.